The molecule has 0 aliphatic carbocycles. The van der Waals surface area contributed by atoms with Crippen LogP contribution in [0.25, 0.3) is 6.08 Å². The van der Waals surface area contributed by atoms with Crippen LogP contribution in [-0.2, 0) is 14.3 Å². The molecule has 0 saturated carbocycles. The molecule has 7 heteroatoms. The maximum absolute atomic E-state index is 12.8. The molecule has 0 fully saturated rings. The number of benzene rings is 2. The van der Waals surface area contributed by atoms with E-state index in [1.807, 2.05) is 30.3 Å². The zero-order valence-corrected chi connectivity index (χ0v) is 15.4. The van der Waals surface area contributed by atoms with E-state index in [0.717, 1.165) is 5.56 Å². The van der Waals surface area contributed by atoms with Crippen molar-refractivity contribution in [1.82, 2.24) is 0 Å². The zero-order chi connectivity index (χ0) is 20.1. The minimum Gasteiger partial charge on any atom is -0.478 e. The molecule has 0 aromatic heterocycles. The maximum Gasteiger partial charge on any atom is 0.335 e. The van der Waals surface area contributed by atoms with E-state index in [2.05, 4.69) is 0 Å². The van der Waals surface area contributed by atoms with Crippen molar-refractivity contribution in [2.75, 3.05) is 36.6 Å². The van der Waals surface area contributed by atoms with Crippen molar-refractivity contribution in [2.45, 2.75) is 0 Å². The molecule has 7 nitrogen and oxygen atoms in total. The fraction of sp³-hybridized carbons (Fsp3) is 0.190. The molecule has 2 aromatic carbocycles. The van der Waals surface area contributed by atoms with Gasteiger partial charge in [-0.05, 0) is 29.8 Å². The average Bonchev–Trinajstić information content (AvgIpc) is 2.71. The van der Waals surface area contributed by atoms with Gasteiger partial charge in [0.25, 0.3) is 5.91 Å². The molecule has 0 atom stereocenters. The lowest BCUT2D eigenvalue weighted by Gasteiger charge is -2.35. The van der Waals surface area contributed by atoms with E-state index in [1.165, 1.54) is 35.1 Å². The fourth-order valence-corrected chi connectivity index (χ4v) is 2.99. The van der Waals surface area contributed by atoms with Gasteiger partial charge in [0.1, 0.15) is 6.54 Å². The highest BCUT2D eigenvalue weighted by atomic mass is 16.5. The van der Waals surface area contributed by atoms with Gasteiger partial charge in [-0.1, -0.05) is 30.3 Å². The van der Waals surface area contributed by atoms with Crippen LogP contribution in [0.4, 0.5) is 11.4 Å². The summed E-state index contributed by atoms with van der Waals surface area (Å²) in [5.41, 5.74) is 1.77. The molecule has 0 radical (unpaired) electrons. The van der Waals surface area contributed by atoms with Crippen LogP contribution in [0, 0.1) is 0 Å². The molecule has 1 aliphatic rings. The molecule has 2 aromatic rings. The van der Waals surface area contributed by atoms with Gasteiger partial charge < -0.3 is 14.7 Å². The Morgan fingerprint density at radius 1 is 1.14 bits per heavy atom. The van der Waals surface area contributed by atoms with Gasteiger partial charge in [0, 0.05) is 19.7 Å². The number of hydrogen-bond acceptors (Lipinski definition) is 4. The number of ether oxygens (including phenoxy) is 1. The van der Waals surface area contributed by atoms with E-state index in [9.17, 15) is 19.5 Å². The summed E-state index contributed by atoms with van der Waals surface area (Å²) in [6, 6.07) is 13.7. The third kappa shape index (κ3) is 4.10. The second-order valence-corrected chi connectivity index (χ2v) is 6.22. The molecule has 0 unspecified atom stereocenters. The van der Waals surface area contributed by atoms with Crippen LogP contribution in [0.1, 0.15) is 15.9 Å². The highest BCUT2D eigenvalue weighted by Crippen LogP contribution is 2.34. The Balaban J connectivity index is 1.96. The molecule has 144 valence electrons. The third-order valence-electron chi connectivity index (χ3n) is 4.40. The van der Waals surface area contributed by atoms with Crippen molar-refractivity contribution in [3.63, 3.8) is 0 Å². The number of rotatable bonds is 6. The molecule has 3 rings (SSSR count). The van der Waals surface area contributed by atoms with Crippen LogP contribution < -0.4 is 9.80 Å². The predicted octanol–water partition coefficient (Wildman–Crippen LogP) is 2.42. The SMILES string of the molecule is COCCN1C(=O)CN(C(=O)/C=C/c2ccccc2)c2cc(C(=O)O)ccc21. The number of nitrogens with zero attached hydrogens (tertiary/aromatic N) is 2. The standard InChI is InChI=1S/C21H20N2O5/c1-28-12-11-22-17-9-8-16(21(26)27)13-18(17)23(14-20(22)25)19(24)10-7-15-5-3-2-4-6-15/h2-10,13H,11-12,14H2,1H3,(H,26,27)/b10-7+. The molecule has 0 saturated heterocycles. The Labute approximate surface area is 162 Å². The number of methoxy groups -OCH3 is 1. The smallest absolute Gasteiger partial charge is 0.335 e. The first-order valence-electron chi connectivity index (χ1n) is 8.72. The number of carbonyl (C=O) groups excluding carboxylic acids is 2. The molecular weight excluding hydrogens is 360 g/mol. The molecule has 2 amide bonds. The molecule has 1 aliphatic heterocycles. The first-order chi connectivity index (χ1) is 13.5. The Bertz CT molecular complexity index is 924. The molecule has 28 heavy (non-hydrogen) atoms. The van der Waals surface area contributed by atoms with Crippen molar-refractivity contribution in [3.05, 3.63) is 65.7 Å². The Morgan fingerprint density at radius 3 is 2.57 bits per heavy atom. The number of hydrogen-bond donors (Lipinski definition) is 1. The van der Waals surface area contributed by atoms with Crippen LogP contribution >= 0.6 is 0 Å². The van der Waals surface area contributed by atoms with Crippen LogP contribution in [0.15, 0.2) is 54.6 Å². The number of amides is 2. The number of carboxylic acid groups (broad SMARTS) is 1. The first kappa shape index (κ1) is 19.3. The summed E-state index contributed by atoms with van der Waals surface area (Å²) in [6.45, 7) is 0.474. The van der Waals surface area contributed by atoms with Crippen molar-refractivity contribution in [2.24, 2.45) is 0 Å². The van der Waals surface area contributed by atoms with Crippen molar-refractivity contribution in [3.8, 4) is 0 Å². The van der Waals surface area contributed by atoms with E-state index in [1.54, 1.807) is 12.1 Å². The monoisotopic (exact) mass is 380 g/mol. The maximum atomic E-state index is 12.8. The Kier molecular flexibility index (Phi) is 5.86. The van der Waals surface area contributed by atoms with Gasteiger partial charge in [0.15, 0.2) is 0 Å². The van der Waals surface area contributed by atoms with Gasteiger partial charge in [0.05, 0.1) is 23.5 Å². The summed E-state index contributed by atoms with van der Waals surface area (Å²) >= 11 is 0. The van der Waals surface area contributed by atoms with Gasteiger partial charge in [0.2, 0.25) is 5.91 Å². The first-order valence-corrected chi connectivity index (χ1v) is 8.72. The summed E-state index contributed by atoms with van der Waals surface area (Å²) in [4.78, 5) is 39.6. The van der Waals surface area contributed by atoms with Crippen molar-refractivity contribution >= 4 is 35.2 Å². The van der Waals surface area contributed by atoms with E-state index >= 15 is 0 Å². The van der Waals surface area contributed by atoms with E-state index < -0.39 is 11.9 Å². The summed E-state index contributed by atoms with van der Waals surface area (Å²) in [7, 11) is 1.53. The van der Waals surface area contributed by atoms with Crippen LogP contribution in [0.3, 0.4) is 0 Å². The molecule has 0 spiro atoms. The number of carboxylic acids is 1. The lowest BCUT2D eigenvalue weighted by atomic mass is 10.1. The number of anilines is 2. The van der Waals surface area contributed by atoms with Gasteiger partial charge in [-0.2, -0.15) is 0 Å². The lowest BCUT2D eigenvalue weighted by molar-refractivity contribution is -0.121. The van der Waals surface area contributed by atoms with Crippen LogP contribution in [0.5, 0.6) is 0 Å². The summed E-state index contributed by atoms with van der Waals surface area (Å²) < 4.78 is 5.05. The lowest BCUT2D eigenvalue weighted by Crippen LogP contribution is -2.48. The second kappa shape index (κ2) is 8.49. The van der Waals surface area contributed by atoms with E-state index in [-0.39, 0.29) is 18.0 Å². The van der Waals surface area contributed by atoms with E-state index in [0.29, 0.717) is 24.5 Å². The summed E-state index contributed by atoms with van der Waals surface area (Å²) in [6.07, 6.45) is 3.04. The number of fused-ring (bicyclic) bond motifs is 1. The van der Waals surface area contributed by atoms with Crippen molar-refractivity contribution < 1.29 is 24.2 Å². The third-order valence-corrected chi connectivity index (χ3v) is 4.40. The highest BCUT2D eigenvalue weighted by molar-refractivity contribution is 6.15. The Morgan fingerprint density at radius 2 is 1.89 bits per heavy atom. The van der Waals surface area contributed by atoms with Crippen LogP contribution in [0.2, 0.25) is 0 Å². The molecule has 1 N–H and O–H groups in total. The summed E-state index contributed by atoms with van der Waals surface area (Å²) in [5.74, 6) is -1.75. The highest BCUT2D eigenvalue weighted by Gasteiger charge is 2.32. The minimum atomic E-state index is -1.10. The number of carbonyl (C=O) groups is 3. The summed E-state index contributed by atoms with van der Waals surface area (Å²) in [5, 5.41) is 9.30. The zero-order valence-electron chi connectivity index (χ0n) is 15.4. The van der Waals surface area contributed by atoms with Gasteiger partial charge in [-0.25, -0.2) is 4.79 Å². The molecule has 0 bridgehead atoms. The molecule has 1 heterocycles. The largest absolute Gasteiger partial charge is 0.478 e. The normalized spacial score (nSPS) is 13.7. The van der Waals surface area contributed by atoms with Gasteiger partial charge in [-0.15, -0.1) is 0 Å². The fourth-order valence-electron chi connectivity index (χ4n) is 2.99. The topological polar surface area (TPSA) is 87.2 Å². The second-order valence-electron chi connectivity index (χ2n) is 6.22. The van der Waals surface area contributed by atoms with Gasteiger partial charge >= 0.3 is 5.97 Å². The quantitative estimate of drug-likeness (QED) is 0.778. The minimum absolute atomic E-state index is 0.0460. The number of aromatic carboxylic acids is 1. The van der Waals surface area contributed by atoms with Gasteiger partial charge in [-0.3, -0.25) is 14.5 Å². The predicted molar refractivity (Wildman–Crippen MR) is 105 cm³/mol. The average molecular weight is 380 g/mol. The van der Waals surface area contributed by atoms with Crippen molar-refractivity contribution in [1.29, 1.82) is 0 Å². The molecular formula is C21H20N2O5. The Hall–Kier alpha value is -3.45. The van der Waals surface area contributed by atoms with Crippen LogP contribution in [-0.4, -0.2) is 49.7 Å². The van der Waals surface area contributed by atoms with E-state index in [4.69, 9.17) is 4.74 Å².